The van der Waals surface area contributed by atoms with Gasteiger partial charge in [0.1, 0.15) is 0 Å². The van der Waals surface area contributed by atoms with E-state index in [-0.39, 0.29) is 11.1 Å². The second-order valence-corrected chi connectivity index (χ2v) is 7.23. The summed E-state index contributed by atoms with van der Waals surface area (Å²) in [7, 11) is 0. The number of benzene rings is 2. The van der Waals surface area contributed by atoms with Gasteiger partial charge >= 0.3 is 0 Å². The third-order valence-electron chi connectivity index (χ3n) is 5.23. The van der Waals surface area contributed by atoms with Crippen LogP contribution in [0.3, 0.4) is 0 Å². The van der Waals surface area contributed by atoms with Crippen molar-refractivity contribution in [2.24, 2.45) is 5.73 Å². The van der Waals surface area contributed by atoms with Crippen LogP contribution in [0.5, 0.6) is 11.5 Å². The molecule has 32 heavy (non-hydrogen) atoms. The maximum absolute atomic E-state index is 12.3. The molecular weight excluding hydrogens is 408 g/mol. The zero-order valence-corrected chi connectivity index (χ0v) is 18.1. The van der Waals surface area contributed by atoms with Crippen molar-refractivity contribution >= 4 is 39.0 Å². The van der Waals surface area contributed by atoms with Crippen LogP contribution in [0.4, 0.5) is 11.4 Å². The summed E-state index contributed by atoms with van der Waals surface area (Å²) in [5, 5.41) is 5.60. The molecule has 2 heterocycles. The molecule has 0 aliphatic carbocycles. The minimum atomic E-state index is -0.622. The Morgan fingerprint density at radius 2 is 1.88 bits per heavy atom. The lowest BCUT2D eigenvalue weighted by atomic mass is 10.0. The molecule has 0 spiro atoms. The highest BCUT2D eigenvalue weighted by atomic mass is 16.5. The van der Waals surface area contributed by atoms with Crippen molar-refractivity contribution in [1.29, 1.82) is 0 Å². The van der Waals surface area contributed by atoms with E-state index < -0.39 is 5.91 Å². The molecule has 8 nitrogen and oxygen atoms in total. The highest BCUT2D eigenvalue weighted by Crippen LogP contribution is 2.38. The number of carbonyl (C=O) groups excluding carboxylic acids is 1. The van der Waals surface area contributed by atoms with Crippen molar-refractivity contribution in [3.8, 4) is 11.5 Å². The summed E-state index contributed by atoms with van der Waals surface area (Å²) in [4.78, 5) is 31.6. The van der Waals surface area contributed by atoms with Gasteiger partial charge in [0.2, 0.25) is 0 Å². The maximum Gasteiger partial charge on any atom is 0.252 e. The summed E-state index contributed by atoms with van der Waals surface area (Å²) >= 11 is 0. The molecule has 4 N–H and O–H groups in total. The lowest BCUT2D eigenvalue weighted by molar-refractivity contribution is 0.100. The van der Waals surface area contributed by atoms with Gasteiger partial charge < -0.3 is 25.5 Å². The third kappa shape index (κ3) is 3.71. The first kappa shape index (κ1) is 21.2. The summed E-state index contributed by atoms with van der Waals surface area (Å²) in [6, 6.07) is 9.19. The van der Waals surface area contributed by atoms with E-state index in [2.05, 4.69) is 15.3 Å². The van der Waals surface area contributed by atoms with Crippen molar-refractivity contribution in [2.45, 2.75) is 20.8 Å². The van der Waals surface area contributed by atoms with E-state index in [1.807, 2.05) is 32.0 Å². The molecule has 0 fully saturated rings. The molecular formula is C24H24N4O4. The number of hydrogen-bond donors (Lipinski definition) is 3. The number of nitrogens with two attached hydrogens (primary N) is 1. The maximum atomic E-state index is 12.3. The molecule has 8 heteroatoms. The smallest absolute Gasteiger partial charge is 0.252 e. The Bertz CT molecular complexity index is 1390. The monoisotopic (exact) mass is 432 g/mol. The SMILES string of the molecule is CCOc1cc2ncc(C(N)=O)c(Nc3cccc4c[nH]c(=O)c(C)c34)c2cc1OCC. The highest BCUT2D eigenvalue weighted by Gasteiger charge is 2.18. The number of carbonyl (C=O) groups is 1. The molecule has 4 rings (SSSR count). The van der Waals surface area contributed by atoms with Gasteiger partial charge in [-0.2, -0.15) is 0 Å². The van der Waals surface area contributed by atoms with Crippen molar-refractivity contribution in [3.05, 3.63) is 64.2 Å². The van der Waals surface area contributed by atoms with E-state index in [0.29, 0.717) is 52.6 Å². The molecule has 2 aromatic carbocycles. The van der Waals surface area contributed by atoms with Crippen LogP contribution in [0.2, 0.25) is 0 Å². The Labute approximate surface area is 184 Å². The quantitative estimate of drug-likeness (QED) is 0.406. The predicted molar refractivity (Wildman–Crippen MR) is 125 cm³/mol. The molecule has 0 bridgehead atoms. The predicted octanol–water partition coefficient (Wildman–Crippen LogP) is 4.02. The standard InChI is InChI=1S/C24H24N4O4/c1-4-31-19-9-15-18(10-20(19)32-5-2)26-12-16(23(25)29)22(15)28-17-8-6-7-14-11-27-24(30)13(3)21(14)17/h6-12H,4-5H2,1-3H3,(H2,25,29)(H,26,28)(H,27,30). The number of aromatic nitrogens is 2. The van der Waals surface area contributed by atoms with E-state index in [1.165, 1.54) is 6.20 Å². The molecule has 2 aromatic heterocycles. The number of primary amides is 1. The molecule has 0 aliphatic rings. The van der Waals surface area contributed by atoms with Gasteiger partial charge in [-0.05, 0) is 32.9 Å². The minimum Gasteiger partial charge on any atom is -0.490 e. The Kier molecular flexibility index (Phi) is 5.68. The molecule has 0 saturated carbocycles. The van der Waals surface area contributed by atoms with E-state index in [0.717, 1.165) is 10.8 Å². The number of H-pyrrole nitrogens is 1. The van der Waals surface area contributed by atoms with Crippen LogP contribution in [0.15, 0.2) is 47.5 Å². The van der Waals surface area contributed by atoms with Gasteiger partial charge in [0.25, 0.3) is 11.5 Å². The first-order chi connectivity index (χ1) is 15.4. The van der Waals surface area contributed by atoms with Gasteiger partial charge in [-0.25, -0.2) is 0 Å². The highest BCUT2D eigenvalue weighted by molar-refractivity contribution is 6.09. The lowest BCUT2D eigenvalue weighted by Crippen LogP contribution is -2.15. The fourth-order valence-corrected chi connectivity index (χ4v) is 3.77. The van der Waals surface area contributed by atoms with E-state index >= 15 is 0 Å². The van der Waals surface area contributed by atoms with Crippen LogP contribution in [0.1, 0.15) is 29.8 Å². The van der Waals surface area contributed by atoms with Crippen LogP contribution in [-0.2, 0) is 0 Å². The molecule has 0 aliphatic heterocycles. The van der Waals surface area contributed by atoms with Crippen LogP contribution < -0.4 is 26.1 Å². The zero-order chi connectivity index (χ0) is 22.8. The molecule has 4 aromatic rings. The number of aromatic amines is 1. The summed E-state index contributed by atoms with van der Waals surface area (Å²) in [5.41, 5.74) is 8.05. The molecule has 1 amide bonds. The van der Waals surface area contributed by atoms with Gasteiger partial charge in [0.05, 0.1) is 30.0 Å². The number of nitrogens with zero attached hydrogens (tertiary/aromatic N) is 1. The number of rotatable bonds is 7. The first-order valence-corrected chi connectivity index (χ1v) is 10.3. The second-order valence-electron chi connectivity index (χ2n) is 7.23. The fourth-order valence-electron chi connectivity index (χ4n) is 3.77. The second kappa shape index (κ2) is 8.58. The summed E-state index contributed by atoms with van der Waals surface area (Å²) in [5.74, 6) is 0.488. The topological polar surface area (TPSA) is 119 Å². The molecule has 0 atom stereocenters. The Morgan fingerprint density at radius 1 is 1.16 bits per heavy atom. The molecule has 164 valence electrons. The number of amides is 1. The summed E-state index contributed by atoms with van der Waals surface area (Å²) in [6.45, 7) is 6.45. The van der Waals surface area contributed by atoms with Gasteiger partial charge in [-0.3, -0.25) is 14.6 Å². The number of fused-ring (bicyclic) bond motifs is 2. The van der Waals surface area contributed by atoms with E-state index in [4.69, 9.17) is 15.2 Å². The van der Waals surface area contributed by atoms with Gasteiger partial charge in [-0.15, -0.1) is 0 Å². The van der Waals surface area contributed by atoms with Crippen molar-refractivity contribution in [2.75, 3.05) is 18.5 Å². The summed E-state index contributed by atoms with van der Waals surface area (Å²) in [6.07, 6.45) is 3.10. The minimum absolute atomic E-state index is 0.179. The lowest BCUT2D eigenvalue weighted by Gasteiger charge is -2.18. The Morgan fingerprint density at radius 3 is 2.56 bits per heavy atom. The van der Waals surface area contributed by atoms with Crippen molar-refractivity contribution in [3.63, 3.8) is 0 Å². The molecule has 0 saturated heterocycles. The van der Waals surface area contributed by atoms with Gasteiger partial charge in [0, 0.05) is 45.9 Å². The Balaban J connectivity index is 1.99. The van der Waals surface area contributed by atoms with Crippen molar-refractivity contribution < 1.29 is 14.3 Å². The Hall–Kier alpha value is -4.07. The van der Waals surface area contributed by atoms with Gasteiger partial charge in [-0.1, -0.05) is 12.1 Å². The van der Waals surface area contributed by atoms with Gasteiger partial charge in [0.15, 0.2) is 11.5 Å². The molecule has 0 unspecified atom stereocenters. The number of hydrogen-bond acceptors (Lipinski definition) is 6. The van der Waals surface area contributed by atoms with Crippen LogP contribution in [-0.4, -0.2) is 29.1 Å². The normalized spacial score (nSPS) is 11.0. The van der Waals surface area contributed by atoms with Crippen LogP contribution >= 0.6 is 0 Å². The largest absolute Gasteiger partial charge is 0.490 e. The average Bonchev–Trinajstić information content (AvgIpc) is 2.77. The zero-order valence-electron chi connectivity index (χ0n) is 18.1. The number of ether oxygens (including phenoxy) is 2. The molecule has 0 radical (unpaired) electrons. The van der Waals surface area contributed by atoms with E-state index in [9.17, 15) is 9.59 Å². The van der Waals surface area contributed by atoms with Crippen LogP contribution in [0.25, 0.3) is 21.7 Å². The van der Waals surface area contributed by atoms with Crippen LogP contribution in [0, 0.1) is 6.92 Å². The number of aryl methyl sites for hydroxylation is 1. The first-order valence-electron chi connectivity index (χ1n) is 10.3. The summed E-state index contributed by atoms with van der Waals surface area (Å²) < 4.78 is 11.5. The number of nitrogens with one attached hydrogen (secondary N) is 2. The third-order valence-corrected chi connectivity index (χ3v) is 5.23. The number of anilines is 2. The van der Waals surface area contributed by atoms with Crippen molar-refractivity contribution in [1.82, 2.24) is 9.97 Å². The number of pyridine rings is 2. The van der Waals surface area contributed by atoms with E-state index in [1.54, 1.807) is 25.3 Å². The average molecular weight is 432 g/mol. The fraction of sp³-hybridized carbons (Fsp3) is 0.208.